The van der Waals surface area contributed by atoms with E-state index in [1.807, 2.05) is 0 Å². The molecule has 0 spiro atoms. The maximum atomic E-state index is 5.55. The molecular formula is C15H23NO2. The lowest BCUT2D eigenvalue weighted by Gasteiger charge is -2.30. The first-order valence-electron chi connectivity index (χ1n) is 6.77. The summed E-state index contributed by atoms with van der Waals surface area (Å²) < 4.78 is 10.9. The van der Waals surface area contributed by atoms with Crippen LogP contribution in [0.3, 0.4) is 0 Å². The van der Waals surface area contributed by atoms with Gasteiger partial charge < -0.3 is 14.4 Å². The molecule has 100 valence electrons. The van der Waals surface area contributed by atoms with Crippen LogP contribution in [0.5, 0.6) is 5.75 Å². The summed E-state index contributed by atoms with van der Waals surface area (Å²) in [5.74, 6) is 1.56. The Kier molecular flexibility index (Phi) is 4.48. The minimum absolute atomic E-state index is 0.581. The molecule has 0 N–H and O–H groups in total. The fourth-order valence-electron chi connectivity index (χ4n) is 2.30. The first kappa shape index (κ1) is 13.2. The molecule has 0 saturated carbocycles. The van der Waals surface area contributed by atoms with Crippen LogP contribution >= 0.6 is 0 Å². The number of anilines is 1. The Morgan fingerprint density at radius 3 is 2.67 bits per heavy atom. The van der Waals surface area contributed by atoms with Gasteiger partial charge in [-0.15, -0.1) is 0 Å². The Morgan fingerprint density at radius 1 is 1.33 bits per heavy atom. The fraction of sp³-hybridized carbons (Fsp3) is 0.600. The Bertz CT molecular complexity index is 386. The van der Waals surface area contributed by atoms with Crippen molar-refractivity contribution in [3.05, 3.63) is 23.8 Å². The second-order valence-corrected chi connectivity index (χ2v) is 4.84. The quantitative estimate of drug-likeness (QED) is 0.818. The molecule has 0 aromatic heterocycles. The molecular weight excluding hydrogens is 226 g/mol. The normalized spacial score (nSPS) is 17.6. The summed E-state index contributed by atoms with van der Waals surface area (Å²) in [6, 6.07) is 6.59. The molecule has 0 radical (unpaired) electrons. The van der Waals surface area contributed by atoms with Crippen molar-refractivity contribution in [1.82, 2.24) is 0 Å². The number of nitrogens with zero attached hydrogens (tertiary/aromatic N) is 1. The van der Waals surface area contributed by atoms with Crippen LogP contribution in [0.2, 0.25) is 0 Å². The van der Waals surface area contributed by atoms with Crippen LogP contribution in [0.15, 0.2) is 18.2 Å². The smallest absolute Gasteiger partial charge is 0.142 e. The van der Waals surface area contributed by atoms with E-state index in [-0.39, 0.29) is 0 Å². The van der Waals surface area contributed by atoms with Crippen molar-refractivity contribution in [3.8, 4) is 5.75 Å². The highest BCUT2D eigenvalue weighted by molar-refractivity contribution is 5.60. The molecule has 1 aliphatic heterocycles. The lowest BCUT2D eigenvalue weighted by Crippen LogP contribution is -2.36. The zero-order valence-electron chi connectivity index (χ0n) is 11.6. The summed E-state index contributed by atoms with van der Waals surface area (Å²) >= 11 is 0. The van der Waals surface area contributed by atoms with Gasteiger partial charge in [-0.1, -0.05) is 19.9 Å². The molecule has 1 fully saturated rings. The minimum Gasteiger partial charge on any atom is -0.495 e. The predicted octanol–water partition coefficient (Wildman–Crippen LogP) is 3.05. The number of hydrogen-bond acceptors (Lipinski definition) is 3. The predicted molar refractivity (Wildman–Crippen MR) is 74.7 cm³/mol. The third kappa shape index (κ3) is 2.78. The van der Waals surface area contributed by atoms with E-state index in [0.717, 1.165) is 38.5 Å². The molecule has 2 rings (SSSR count). The van der Waals surface area contributed by atoms with E-state index in [4.69, 9.17) is 9.47 Å². The van der Waals surface area contributed by atoms with Gasteiger partial charge in [-0.2, -0.15) is 0 Å². The Labute approximate surface area is 110 Å². The first-order valence-corrected chi connectivity index (χ1v) is 6.77. The van der Waals surface area contributed by atoms with Gasteiger partial charge in [0.1, 0.15) is 5.75 Å². The van der Waals surface area contributed by atoms with Gasteiger partial charge in [0.05, 0.1) is 26.0 Å². The van der Waals surface area contributed by atoms with E-state index in [0.29, 0.717) is 5.92 Å². The third-order valence-corrected chi connectivity index (χ3v) is 3.74. The molecule has 1 aromatic rings. The van der Waals surface area contributed by atoms with Crippen LogP contribution in [-0.4, -0.2) is 33.4 Å². The highest BCUT2D eigenvalue weighted by Gasteiger charge is 2.16. The van der Waals surface area contributed by atoms with Gasteiger partial charge in [-0.25, -0.2) is 0 Å². The topological polar surface area (TPSA) is 21.7 Å². The second kappa shape index (κ2) is 6.10. The molecule has 1 aromatic carbocycles. The van der Waals surface area contributed by atoms with Crippen molar-refractivity contribution in [2.24, 2.45) is 0 Å². The van der Waals surface area contributed by atoms with Crippen LogP contribution < -0.4 is 9.64 Å². The number of rotatable bonds is 4. The maximum absolute atomic E-state index is 5.55. The summed E-state index contributed by atoms with van der Waals surface area (Å²) in [7, 11) is 1.75. The SMILES string of the molecule is CCC(C)c1ccc(N2CCOCC2)c(OC)c1. The zero-order valence-corrected chi connectivity index (χ0v) is 11.6. The van der Waals surface area contributed by atoms with Gasteiger partial charge >= 0.3 is 0 Å². The summed E-state index contributed by atoms with van der Waals surface area (Å²) in [4.78, 5) is 2.34. The first-order chi connectivity index (χ1) is 8.76. The van der Waals surface area contributed by atoms with Gasteiger partial charge in [0, 0.05) is 13.1 Å². The zero-order chi connectivity index (χ0) is 13.0. The standard InChI is InChI=1S/C15H23NO2/c1-4-12(2)13-5-6-14(15(11-13)17-3)16-7-9-18-10-8-16/h5-6,11-12H,4,7-10H2,1-3H3. The van der Waals surface area contributed by atoms with Crippen molar-refractivity contribution in [3.63, 3.8) is 0 Å². The largest absolute Gasteiger partial charge is 0.495 e. The minimum atomic E-state index is 0.581. The molecule has 0 bridgehead atoms. The molecule has 1 unspecified atom stereocenters. The summed E-state index contributed by atoms with van der Waals surface area (Å²) in [5, 5.41) is 0. The molecule has 0 amide bonds. The van der Waals surface area contributed by atoms with E-state index in [1.54, 1.807) is 7.11 Å². The van der Waals surface area contributed by atoms with Crippen LogP contribution in [0.1, 0.15) is 31.7 Å². The highest BCUT2D eigenvalue weighted by Crippen LogP contribution is 2.32. The number of morpholine rings is 1. The molecule has 3 heteroatoms. The van der Waals surface area contributed by atoms with Crippen LogP contribution in [0.25, 0.3) is 0 Å². The third-order valence-electron chi connectivity index (χ3n) is 3.74. The van der Waals surface area contributed by atoms with Crippen molar-refractivity contribution >= 4 is 5.69 Å². The molecule has 0 aliphatic carbocycles. The Balaban J connectivity index is 2.24. The van der Waals surface area contributed by atoms with E-state index < -0.39 is 0 Å². The van der Waals surface area contributed by atoms with Crippen molar-refractivity contribution in [2.75, 3.05) is 38.3 Å². The molecule has 1 aliphatic rings. The molecule has 1 heterocycles. The Morgan fingerprint density at radius 2 is 2.06 bits per heavy atom. The molecule has 3 nitrogen and oxygen atoms in total. The number of methoxy groups -OCH3 is 1. The van der Waals surface area contributed by atoms with Crippen molar-refractivity contribution in [2.45, 2.75) is 26.2 Å². The van der Waals surface area contributed by atoms with E-state index in [1.165, 1.54) is 11.3 Å². The highest BCUT2D eigenvalue weighted by atomic mass is 16.5. The average molecular weight is 249 g/mol. The van der Waals surface area contributed by atoms with Gasteiger partial charge in [0.25, 0.3) is 0 Å². The number of ether oxygens (including phenoxy) is 2. The molecule has 1 atom stereocenters. The summed E-state index contributed by atoms with van der Waals surface area (Å²) in [6.45, 7) is 7.96. The number of hydrogen-bond donors (Lipinski definition) is 0. The summed E-state index contributed by atoms with van der Waals surface area (Å²) in [5.41, 5.74) is 2.54. The van der Waals surface area contributed by atoms with Gasteiger partial charge in [-0.3, -0.25) is 0 Å². The van der Waals surface area contributed by atoms with Crippen LogP contribution in [0, 0.1) is 0 Å². The van der Waals surface area contributed by atoms with Gasteiger partial charge in [0.2, 0.25) is 0 Å². The monoisotopic (exact) mass is 249 g/mol. The summed E-state index contributed by atoms with van der Waals surface area (Å²) in [6.07, 6.45) is 1.15. The van der Waals surface area contributed by atoms with Gasteiger partial charge in [-0.05, 0) is 30.0 Å². The van der Waals surface area contributed by atoms with Gasteiger partial charge in [0.15, 0.2) is 0 Å². The maximum Gasteiger partial charge on any atom is 0.142 e. The van der Waals surface area contributed by atoms with E-state index in [2.05, 4.69) is 36.9 Å². The van der Waals surface area contributed by atoms with E-state index in [9.17, 15) is 0 Å². The molecule has 18 heavy (non-hydrogen) atoms. The van der Waals surface area contributed by atoms with Crippen molar-refractivity contribution in [1.29, 1.82) is 0 Å². The van der Waals surface area contributed by atoms with E-state index >= 15 is 0 Å². The fourth-order valence-corrected chi connectivity index (χ4v) is 2.30. The molecule has 1 saturated heterocycles. The Hall–Kier alpha value is -1.22. The van der Waals surface area contributed by atoms with Crippen LogP contribution in [0.4, 0.5) is 5.69 Å². The lowest BCUT2D eigenvalue weighted by molar-refractivity contribution is 0.122. The van der Waals surface area contributed by atoms with Crippen molar-refractivity contribution < 1.29 is 9.47 Å². The van der Waals surface area contributed by atoms with Crippen LogP contribution in [-0.2, 0) is 4.74 Å². The number of benzene rings is 1. The lowest BCUT2D eigenvalue weighted by atomic mass is 9.98. The second-order valence-electron chi connectivity index (χ2n) is 4.84. The average Bonchev–Trinajstić information content (AvgIpc) is 2.46.